The van der Waals surface area contributed by atoms with Gasteiger partial charge in [0.25, 0.3) is 0 Å². The molecule has 18 heavy (non-hydrogen) atoms. The van der Waals surface area contributed by atoms with Crippen LogP contribution in [0.15, 0.2) is 18.5 Å². The first-order valence-electron chi connectivity index (χ1n) is 6.25. The molecule has 1 aliphatic rings. The molecule has 2 heterocycles. The maximum absolute atomic E-state index is 11.5. The molecule has 6 nitrogen and oxygen atoms in total. The quantitative estimate of drug-likeness (QED) is 0.880. The summed E-state index contributed by atoms with van der Waals surface area (Å²) in [6.45, 7) is 3.67. The zero-order valence-corrected chi connectivity index (χ0v) is 10.5. The topological polar surface area (TPSA) is 67.3 Å². The number of anilines is 1. The number of carbonyl (C=O) groups is 1. The van der Waals surface area contributed by atoms with E-state index in [2.05, 4.69) is 15.3 Å². The fourth-order valence-corrected chi connectivity index (χ4v) is 1.98. The summed E-state index contributed by atoms with van der Waals surface area (Å²) >= 11 is 0. The van der Waals surface area contributed by atoms with Gasteiger partial charge in [-0.1, -0.05) is 0 Å². The van der Waals surface area contributed by atoms with E-state index in [9.17, 15) is 4.79 Å². The predicted octanol–water partition coefficient (Wildman–Crippen LogP) is 1.51. The summed E-state index contributed by atoms with van der Waals surface area (Å²) in [4.78, 5) is 21.5. The summed E-state index contributed by atoms with van der Waals surface area (Å²) in [7, 11) is 0. The molecule has 0 radical (unpaired) electrons. The molecule has 0 unspecified atom stereocenters. The Labute approximate surface area is 106 Å². The van der Waals surface area contributed by atoms with Crippen molar-refractivity contribution >= 4 is 12.0 Å². The lowest BCUT2D eigenvalue weighted by Crippen LogP contribution is -2.42. The first-order valence-corrected chi connectivity index (χ1v) is 6.25. The summed E-state index contributed by atoms with van der Waals surface area (Å²) < 4.78 is 4.98. The van der Waals surface area contributed by atoms with Crippen molar-refractivity contribution < 1.29 is 9.53 Å². The second-order valence-corrected chi connectivity index (χ2v) is 4.18. The number of likely N-dealkylation sites (tertiary alicyclic amines) is 1. The number of hydrogen-bond acceptors (Lipinski definition) is 5. The molecule has 1 fully saturated rings. The number of nitrogens with one attached hydrogen (secondary N) is 1. The molecule has 0 spiro atoms. The van der Waals surface area contributed by atoms with E-state index >= 15 is 0 Å². The molecule has 0 saturated carbocycles. The second kappa shape index (κ2) is 6.18. The Hall–Kier alpha value is -1.85. The number of aromatic nitrogens is 2. The van der Waals surface area contributed by atoms with Crippen LogP contribution in [0.4, 0.5) is 10.7 Å². The minimum absolute atomic E-state index is 0.216. The van der Waals surface area contributed by atoms with Crippen LogP contribution in [0.1, 0.15) is 19.8 Å². The number of ether oxygens (including phenoxy) is 1. The van der Waals surface area contributed by atoms with Crippen LogP contribution < -0.4 is 5.32 Å². The molecule has 1 amide bonds. The third-order valence-electron chi connectivity index (χ3n) is 2.92. The minimum atomic E-state index is -0.216. The minimum Gasteiger partial charge on any atom is -0.450 e. The molecule has 0 aliphatic carbocycles. The highest BCUT2D eigenvalue weighted by molar-refractivity contribution is 5.67. The van der Waals surface area contributed by atoms with Gasteiger partial charge in [-0.3, -0.25) is 0 Å². The zero-order valence-electron chi connectivity index (χ0n) is 10.5. The fourth-order valence-electron chi connectivity index (χ4n) is 1.98. The SMILES string of the molecule is CCOC(=O)N1CCC(Nc2ncccn2)CC1. The normalized spacial score (nSPS) is 16.4. The van der Waals surface area contributed by atoms with Crippen molar-refractivity contribution in [3.05, 3.63) is 18.5 Å². The molecule has 1 aromatic heterocycles. The van der Waals surface area contributed by atoms with E-state index in [1.807, 2.05) is 6.92 Å². The highest BCUT2D eigenvalue weighted by atomic mass is 16.6. The van der Waals surface area contributed by atoms with E-state index < -0.39 is 0 Å². The Morgan fingerprint density at radius 2 is 2.11 bits per heavy atom. The van der Waals surface area contributed by atoms with Gasteiger partial charge >= 0.3 is 6.09 Å². The van der Waals surface area contributed by atoms with Crippen LogP contribution in [0.25, 0.3) is 0 Å². The Morgan fingerprint density at radius 3 is 2.72 bits per heavy atom. The molecule has 1 saturated heterocycles. The van der Waals surface area contributed by atoms with Gasteiger partial charge in [0, 0.05) is 31.5 Å². The van der Waals surface area contributed by atoms with Crippen molar-refractivity contribution in [2.45, 2.75) is 25.8 Å². The standard InChI is InChI=1S/C12H18N4O2/c1-2-18-12(17)16-8-4-10(5-9-16)15-11-13-6-3-7-14-11/h3,6-7,10H,2,4-5,8-9H2,1H3,(H,13,14,15). The van der Waals surface area contributed by atoms with Gasteiger partial charge in [0.1, 0.15) is 0 Å². The van der Waals surface area contributed by atoms with E-state index in [1.165, 1.54) is 0 Å². The number of amides is 1. The monoisotopic (exact) mass is 250 g/mol. The van der Waals surface area contributed by atoms with E-state index in [0.717, 1.165) is 12.8 Å². The largest absolute Gasteiger partial charge is 0.450 e. The first-order chi connectivity index (χ1) is 8.79. The maximum Gasteiger partial charge on any atom is 0.409 e. The van der Waals surface area contributed by atoms with Crippen LogP contribution in [0.5, 0.6) is 0 Å². The molecule has 1 aliphatic heterocycles. The summed E-state index contributed by atoms with van der Waals surface area (Å²) in [6.07, 6.45) is 4.98. The smallest absolute Gasteiger partial charge is 0.409 e. The number of nitrogens with zero attached hydrogens (tertiary/aromatic N) is 3. The van der Waals surface area contributed by atoms with Gasteiger partial charge in [-0.05, 0) is 25.8 Å². The van der Waals surface area contributed by atoms with Gasteiger partial charge in [-0.2, -0.15) is 0 Å². The van der Waals surface area contributed by atoms with Crippen molar-refractivity contribution in [2.75, 3.05) is 25.0 Å². The molecule has 0 aromatic carbocycles. The van der Waals surface area contributed by atoms with Crippen LogP contribution in [0.2, 0.25) is 0 Å². The molecule has 0 atom stereocenters. The molecule has 1 aromatic rings. The van der Waals surface area contributed by atoms with Crippen LogP contribution >= 0.6 is 0 Å². The third kappa shape index (κ3) is 3.32. The average Bonchev–Trinajstić information content (AvgIpc) is 2.41. The molecular formula is C12H18N4O2. The van der Waals surface area contributed by atoms with Crippen molar-refractivity contribution in [3.63, 3.8) is 0 Å². The van der Waals surface area contributed by atoms with Gasteiger partial charge in [0.15, 0.2) is 0 Å². The van der Waals surface area contributed by atoms with Gasteiger partial charge in [0.05, 0.1) is 6.61 Å². The lowest BCUT2D eigenvalue weighted by molar-refractivity contribution is 0.0983. The lowest BCUT2D eigenvalue weighted by Gasteiger charge is -2.31. The molecule has 2 rings (SSSR count). The number of carbonyl (C=O) groups excluding carboxylic acids is 1. The van der Waals surface area contributed by atoms with Crippen LogP contribution in [0.3, 0.4) is 0 Å². The van der Waals surface area contributed by atoms with Gasteiger partial charge in [-0.15, -0.1) is 0 Å². The Morgan fingerprint density at radius 1 is 1.44 bits per heavy atom. The van der Waals surface area contributed by atoms with E-state index in [0.29, 0.717) is 31.7 Å². The van der Waals surface area contributed by atoms with Crippen LogP contribution in [-0.4, -0.2) is 46.7 Å². The predicted molar refractivity (Wildman–Crippen MR) is 67.3 cm³/mol. The highest BCUT2D eigenvalue weighted by Crippen LogP contribution is 2.14. The molecule has 0 bridgehead atoms. The van der Waals surface area contributed by atoms with E-state index in [-0.39, 0.29) is 6.09 Å². The van der Waals surface area contributed by atoms with Gasteiger partial charge in [-0.25, -0.2) is 14.8 Å². The van der Waals surface area contributed by atoms with Crippen molar-refractivity contribution in [3.8, 4) is 0 Å². The average molecular weight is 250 g/mol. The van der Waals surface area contributed by atoms with Crippen molar-refractivity contribution in [1.82, 2.24) is 14.9 Å². The van der Waals surface area contributed by atoms with E-state index in [4.69, 9.17) is 4.74 Å². The number of rotatable bonds is 3. The number of piperidine rings is 1. The highest BCUT2D eigenvalue weighted by Gasteiger charge is 2.23. The summed E-state index contributed by atoms with van der Waals surface area (Å²) in [5.41, 5.74) is 0. The Bertz CT molecular complexity index is 377. The number of hydrogen-bond donors (Lipinski definition) is 1. The van der Waals surface area contributed by atoms with Crippen LogP contribution in [0, 0.1) is 0 Å². The molecule has 1 N–H and O–H groups in total. The Kier molecular flexibility index (Phi) is 4.33. The lowest BCUT2D eigenvalue weighted by atomic mass is 10.1. The molecule has 98 valence electrons. The van der Waals surface area contributed by atoms with Crippen molar-refractivity contribution in [2.24, 2.45) is 0 Å². The second-order valence-electron chi connectivity index (χ2n) is 4.18. The molecule has 6 heteroatoms. The van der Waals surface area contributed by atoms with Crippen LogP contribution in [-0.2, 0) is 4.74 Å². The van der Waals surface area contributed by atoms with E-state index in [1.54, 1.807) is 23.4 Å². The third-order valence-corrected chi connectivity index (χ3v) is 2.92. The van der Waals surface area contributed by atoms with Gasteiger partial charge < -0.3 is 15.0 Å². The zero-order chi connectivity index (χ0) is 12.8. The molecular weight excluding hydrogens is 232 g/mol. The van der Waals surface area contributed by atoms with Crippen molar-refractivity contribution in [1.29, 1.82) is 0 Å². The summed E-state index contributed by atoms with van der Waals surface area (Å²) in [6, 6.07) is 2.10. The fraction of sp³-hybridized carbons (Fsp3) is 0.583. The summed E-state index contributed by atoms with van der Waals surface area (Å²) in [5, 5.41) is 3.27. The van der Waals surface area contributed by atoms with Gasteiger partial charge in [0.2, 0.25) is 5.95 Å². The Balaban J connectivity index is 1.78. The maximum atomic E-state index is 11.5. The first kappa shape index (κ1) is 12.6. The summed E-state index contributed by atoms with van der Waals surface area (Å²) in [5.74, 6) is 0.645.